The Morgan fingerprint density at radius 1 is 1.06 bits per heavy atom. The van der Waals surface area contributed by atoms with Gasteiger partial charge in [-0.15, -0.1) is 11.3 Å². The van der Waals surface area contributed by atoms with Crippen molar-refractivity contribution >= 4 is 28.7 Å². The van der Waals surface area contributed by atoms with Gasteiger partial charge in [0.2, 0.25) is 0 Å². The molecule has 1 aromatic heterocycles. The fraction of sp³-hybridized carbons (Fsp3) is 0.185. The van der Waals surface area contributed by atoms with Crippen LogP contribution in [0.1, 0.15) is 42.0 Å². The van der Waals surface area contributed by atoms with E-state index in [1.165, 1.54) is 17.0 Å². The number of nitrogens with one attached hydrogen (secondary N) is 2. The van der Waals surface area contributed by atoms with Gasteiger partial charge >= 0.3 is 0 Å². The molecule has 0 radical (unpaired) electrons. The first-order chi connectivity index (χ1) is 16.0. The third-order valence-corrected chi connectivity index (χ3v) is 7.27. The Kier molecular flexibility index (Phi) is 5.68. The number of anilines is 1. The normalized spacial score (nSPS) is 20.4. The van der Waals surface area contributed by atoms with Crippen molar-refractivity contribution in [1.29, 1.82) is 0 Å². The van der Waals surface area contributed by atoms with E-state index in [1.807, 2.05) is 48.7 Å². The topological polar surface area (TPSA) is 58.2 Å². The number of thiophene rings is 1. The zero-order valence-corrected chi connectivity index (χ0v) is 18.9. The summed E-state index contributed by atoms with van der Waals surface area (Å²) in [5, 5.41) is 8.31. The summed E-state index contributed by atoms with van der Waals surface area (Å²) in [5.74, 6) is -1.23. The first kappa shape index (κ1) is 21.3. The molecular weight excluding hydrogens is 435 g/mol. The van der Waals surface area contributed by atoms with E-state index in [0.29, 0.717) is 40.9 Å². The number of dihydropyridines is 1. The zero-order chi connectivity index (χ0) is 22.9. The maximum absolute atomic E-state index is 14.2. The summed E-state index contributed by atoms with van der Waals surface area (Å²) in [6.45, 7) is 1.84. The highest BCUT2D eigenvalue weighted by molar-refractivity contribution is 7.10. The summed E-state index contributed by atoms with van der Waals surface area (Å²) in [6.07, 6.45) is 1.05. The second kappa shape index (κ2) is 8.79. The molecule has 33 heavy (non-hydrogen) atoms. The van der Waals surface area contributed by atoms with Crippen LogP contribution in [0.25, 0.3) is 0 Å². The fourth-order valence-corrected chi connectivity index (χ4v) is 5.63. The number of hydrogen-bond acceptors (Lipinski definition) is 4. The molecule has 2 heterocycles. The van der Waals surface area contributed by atoms with Gasteiger partial charge in [0.1, 0.15) is 5.82 Å². The van der Waals surface area contributed by atoms with Gasteiger partial charge < -0.3 is 10.6 Å². The number of rotatable bonds is 4. The summed E-state index contributed by atoms with van der Waals surface area (Å²) in [5.41, 5.74) is 3.77. The number of benzene rings is 2. The Morgan fingerprint density at radius 2 is 1.88 bits per heavy atom. The zero-order valence-electron chi connectivity index (χ0n) is 18.1. The van der Waals surface area contributed by atoms with Crippen LogP contribution in [0.5, 0.6) is 0 Å². The van der Waals surface area contributed by atoms with Gasteiger partial charge in [-0.05, 0) is 54.6 Å². The van der Waals surface area contributed by atoms with Crippen molar-refractivity contribution in [3.63, 3.8) is 0 Å². The molecule has 5 rings (SSSR count). The Bertz CT molecular complexity index is 1280. The smallest absolute Gasteiger partial charge is 0.254 e. The molecule has 4 nitrogen and oxygen atoms in total. The molecule has 0 unspecified atom stereocenters. The summed E-state index contributed by atoms with van der Waals surface area (Å²) >= 11 is 1.65. The molecule has 0 bridgehead atoms. The van der Waals surface area contributed by atoms with Crippen molar-refractivity contribution in [2.45, 2.75) is 31.6 Å². The number of Topliss-reactive ketones (excluding diaryl/α,β-unsaturated/α-hetero) is 1. The van der Waals surface area contributed by atoms with Crippen LogP contribution in [-0.2, 0) is 9.59 Å². The summed E-state index contributed by atoms with van der Waals surface area (Å²) in [4.78, 5) is 28.1. The third-order valence-electron chi connectivity index (χ3n) is 6.23. The highest BCUT2D eigenvalue weighted by atomic mass is 32.1. The fourth-order valence-electron chi connectivity index (χ4n) is 4.80. The average Bonchev–Trinajstić information content (AvgIpc) is 3.33. The number of allylic oxidation sites excluding steroid dienone is 3. The molecule has 1 amide bonds. The van der Waals surface area contributed by atoms with Gasteiger partial charge in [0.05, 0.1) is 0 Å². The van der Waals surface area contributed by atoms with Crippen LogP contribution in [0.2, 0.25) is 0 Å². The number of carbonyl (C=O) groups is 2. The van der Waals surface area contributed by atoms with Gasteiger partial charge in [0.15, 0.2) is 5.78 Å². The summed E-state index contributed by atoms with van der Waals surface area (Å²) in [7, 11) is 0. The maximum atomic E-state index is 14.2. The second-order valence-corrected chi connectivity index (χ2v) is 9.39. The van der Waals surface area contributed by atoms with E-state index in [0.717, 1.165) is 5.70 Å². The molecule has 6 heteroatoms. The number of halogens is 1. The van der Waals surface area contributed by atoms with Crippen LogP contribution in [0, 0.1) is 5.82 Å². The minimum Gasteiger partial charge on any atom is -0.362 e. The quantitative estimate of drug-likeness (QED) is 0.513. The Morgan fingerprint density at radius 3 is 2.61 bits per heavy atom. The second-order valence-electron chi connectivity index (χ2n) is 8.41. The number of amides is 1. The molecule has 2 aromatic carbocycles. The third kappa shape index (κ3) is 4.14. The van der Waals surface area contributed by atoms with E-state index in [1.54, 1.807) is 23.5 Å². The van der Waals surface area contributed by atoms with Crippen LogP contribution >= 0.6 is 11.3 Å². The molecule has 1 aliphatic carbocycles. The van der Waals surface area contributed by atoms with Crippen molar-refractivity contribution < 1.29 is 14.0 Å². The van der Waals surface area contributed by atoms with E-state index >= 15 is 0 Å². The van der Waals surface area contributed by atoms with E-state index in [4.69, 9.17) is 0 Å². The van der Waals surface area contributed by atoms with Crippen LogP contribution in [-0.4, -0.2) is 11.7 Å². The van der Waals surface area contributed by atoms with Gasteiger partial charge in [-0.3, -0.25) is 9.59 Å². The van der Waals surface area contributed by atoms with E-state index < -0.39 is 11.7 Å². The van der Waals surface area contributed by atoms with Crippen LogP contribution in [0.3, 0.4) is 0 Å². The molecule has 3 aromatic rings. The van der Waals surface area contributed by atoms with Crippen molar-refractivity contribution in [2.75, 3.05) is 5.32 Å². The molecule has 1 aliphatic heterocycles. The van der Waals surface area contributed by atoms with Crippen LogP contribution in [0.15, 0.2) is 94.7 Å². The molecular formula is C27H23FN2O2S. The van der Waals surface area contributed by atoms with Crippen molar-refractivity contribution in [1.82, 2.24) is 5.32 Å². The lowest BCUT2D eigenvalue weighted by molar-refractivity contribution is -0.116. The first-order valence-corrected chi connectivity index (χ1v) is 11.8. The van der Waals surface area contributed by atoms with E-state index in [2.05, 4.69) is 16.7 Å². The number of ketones is 1. The molecule has 2 N–H and O–H groups in total. The predicted molar refractivity (Wildman–Crippen MR) is 128 cm³/mol. The van der Waals surface area contributed by atoms with Crippen molar-refractivity contribution in [3.05, 3.63) is 111 Å². The lowest BCUT2D eigenvalue weighted by Gasteiger charge is -2.36. The van der Waals surface area contributed by atoms with Crippen molar-refractivity contribution in [2.24, 2.45) is 0 Å². The predicted octanol–water partition coefficient (Wildman–Crippen LogP) is 5.89. The number of hydrogen-bond donors (Lipinski definition) is 2. The number of carbonyl (C=O) groups excluding carboxylic acids is 2. The lowest BCUT2D eigenvalue weighted by atomic mass is 9.72. The maximum Gasteiger partial charge on any atom is 0.254 e. The van der Waals surface area contributed by atoms with Gasteiger partial charge in [-0.25, -0.2) is 4.39 Å². The summed E-state index contributed by atoms with van der Waals surface area (Å²) in [6, 6.07) is 19.4. The van der Waals surface area contributed by atoms with Crippen molar-refractivity contribution in [3.8, 4) is 0 Å². The molecule has 0 fully saturated rings. The molecule has 166 valence electrons. The van der Waals surface area contributed by atoms with Gasteiger partial charge in [-0.2, -0.15) is 0 Å². The highest BCUT2D eigenvalue weighted by Gasteiger charge is 2.41. The standard InChI is InChI=1S/C27H23FN2O2S/c1-16-24(27(32)30-20-9-3-2-4-10-20)25(17-7-5-8-19(28)13-17)26-21(29-16)14-18(15-22(26)31)23-11-6-12-33-23/h2-13,18,25,29H,14-15H2,1H3,(H,30,32)/t18-,25+/m0/s1. The van der Waals surface area contributed by atoms with Gasteiger partial charge in [-0.1, -0.05) is 36.4 Å². The Balaban J connectivity index is 1.58. The van der Waals surface area contributed by atoms with Gasteiger partial charge in [0.25, 0.3) is 5.91 Å². The molecule has 0 saturated carbocycles. The number of para-hydroxylation sites is 1. The highest BCUT2D eigenvalue weighted by Crippen LogP contribution is 2.46. The molecule has 2 atom stereocenters. The molecule has 0 saturated heterocycles. The van der Waals surface area contributed by atoms with E-state index in [-0.39, 0.29) is 17.6 Å². The first-order valence-electron chi connectivity index (χ1n) is 10.9. The Hall–Kier alpha value is -3.51. The van der Waals surface area contributed by atoms with Gasteiger partial charge in [0, 0.05) is 51.4 Å². The van der Waals surface area contributed by atoms with Crippen LogP contribution < -0.4 is 10.6 Å². The Labute approximate surface area is 195 Å². The monoisotopic (exact) mass is 458 g/mol. The van der Waals surface area contributed by atoms with E-state index in [9.17, 15) is 14.0 Å². The molecule has 2 aliphatic rings. The SMILES string of the molecule is CC1=C(C(=O)Nc2ccccc2)[C@@H](c2cccc(F)c2)C2=C(C[C@H](c3cccs3)CC2=O)N1. The average molecular weight is 459 g/mol. The van der Waals surface area contributed by atoms with Crippen LogP contribution in [0.4, 0.5) is 10.1 Å². The largest absolute Gasteiger partial charge is 0.362 e. The minimum absolute atomic E-state index is 0.00563. The molecule has 0 spiro atoms. The summed E-state index contributed by atoms with van der Waals surface area (Å²) < 4.78 is 14.2. The lowest BCUT2D eigenvalue weighted by Crippen LogP contribution is -2.37. The minimum atomic E-state index is -0.627.